The molecule has 0 spiro atoms. The van der Waals surface area contributed by atoms with Gasteiger partial charge in [0, 0.05) is 40.3 Å². The number of nitrogens with one attached hydrogen (secondary N) is 1. The molecule has 1 aromatic rings. The zero-order valence-electron chi connectivity index (χ0n) is 9.19. The van der Waals surface area contributed by atoms with E-state index in [1.54, 1.807) is 17.8 Å². The Bertz CT molecular complexity index is 412. The summed E-state index contributed by atoms with van der Waals surface area (Å²) in [5.41, 5.74) is 0.957. The van der Waals surface area contributed by atoms with Crippen LogP contribution >= 0.6 is 27.7 Å². The highest BCUT2D eigenvalue weighted by Crippen LogP contribution is 2.26. The van der Waals surface area contributed by atoms with E-state index in [4.69, 9.17) is 0 Å². The second-order valence-corrected chi connectivity index (χ2v) is 5.22. The number of thioether (sulfide) groups is 1. The molecule has 4 nitrogen and oxygen atoms in total. The van der Waals surface area contributed by atoms with Crippen molar-refractivity contribution < 1.29 is 4.92 Å². The molecule has 0 amide bonds. The number of nitro benzene ring substituents is 1. The first kappa shape index (κ1) is 14.1. The number of hydrogen-bond acceptors (Lipinski definition) is 4. The van der Waals surface area contributed by atoms with Crippen molar-refractivity contribution in [2.45, 2.75) is 0 Å². The standard InChI is InChI=1S/C11H13BrN2O2S/c1-2-6-17-7-5-13-11-4-3-9(14(15)16)8-10(11)12/h2-4,8,13H,1,5-7H2. The third-order valence-electron chi connectivity index (χ3n) is 1.96. The highest BCUT2D eigenvalue weighted by molar-refractivity contribution is 9.10. The van der Waals surface area contributed by atoms with Crippen molar-refractivity contribution in [3.8, 4) is 0 Å². The van der Waals surface area contributed by atoms with Gasteiger partial charge in [-0.1, -0.05) is 6.08 Å². The van der Waals surface area contributed by atoms with Crippen LogP contribution in [-0.2, 0) is 0 Å². The maximum Gasteiger partial charge on any atom is 0.270 e. The molecule has 1 N–H and O–H groups in total. The summed E-state index contributed by atoms with van der Waals surface area (Å²) in [7, 11) is 0. The summed E-state index contributed by atoms with van der Waals surface area (Å²) in [5, 5.41) is 13.8. The van der Waals surface area contributed by atoms with E-state index in [1.165, 1.54) is 12.1 Å². The van der Waals surface area contributed by atoms with E-state index >= 15 is 0 Å². The van der Waals surface area contributed by atoms with Gasteiger partial charge in [-0.05, 0) is 22.0 Å². The molecule has 6 heteroatoms. The maximum atomic E-state index is 10.5. The first-order valence-electron chi connectivity index (χ1n) is 5.01. The summed E-state index contributed by atoms with van der Waals surface area (Å²) in [6, 6.07) is 4.70. The summed E-state index contributed by atoms with van der Waals surface area (Å²) >= 11 is 5.09. The Kier molecular flexibility index (Phi) is 6.07. The minimum atomic E-state index is -0.408. The molecule has 1 rings (SSSR count). The number of halogens is 1. The zero-order chi connectivity index (χ0) is 12.7. The number of nitrogens with zero attached hydrogens (tertiary/aromatic N) is 1. The quantitative estimate of drug-likeness (QED) is 0.361. The second-order valence-electron chi connectivity index (χ2n) is 3.21. The highest BCUT2D eigenvalue weighted by atomic mass is 79.9. The number of rotatable bonds is 7. The van der Waals surface area contributed by atoms with Crippen molar-refractivity contribution in [1.82, 2.24) is 0 Å². The molecule has 0 unspecified atom stereocenters. The van der Waals surface area contributed by atoms with Crippen molar-refractivity contribution in [2.24, 2.45) is 0 Å². The highest BCUT2D eigenvalue weighted by Gasteiger charge is 2.08. The van der Waals surface area contributed by atoms with Crippen LogP contribution in [0.15, 0.2) is 35.3 Å². The Morgan fingerprint density at radius 1 is 1.59 bits per heavy atom. The molecule has 0 atom stereocenters. The Hall–Kier alpha value is -1.01. The van der Waals surface area contributed by atoms with Gasteiger partial charge in [-0.3, -0.25) is 10.1 Å². The van der Waals surface area contributed by atoms with Crippen molar-refractivity contribution in [2.75, 3.05) is 23.4 Å². The maximum absolute atomic E-state index is 10.5. The molecule has 0 fully saturated rings. The fourth-order valence-electron chi connectivity index (χ4n) is 1.19. The molecule has 1 aromatic carbocycles. The van der Waals surface area contributed by atoms with E-state index in [2.05, 4.69) is 27.8 Å². The SMILES string of the molecule is C=CCSCCNc1ccc([N+](=O)[O-])cc1Br. The molecule has 0 aliphatic carbocycles. The van der Waals surface area contributed by atoms with Crippen LogP contribution < -0.4 is 5.32 Å². The third kappa shape index (κ3) is 4.79. The Morgan fingerprint density at radius 2 is 2.35 bits per heavy atom. The van der Waals surface area contributed by atoms with Crippen LogP contribution in [0.5, 0.6) is 0 Å². The third-order valence-corrected chi connectivity index (χ3v) is 3.58. The molecule has 0 aliphatic heterocycles. The average molecular weight is 317 g/mol. The Morgan fingerprint density at radius 3 is 2.94 bits per heavy atom. The van der Waals surface area contributed by atoms with Gasteiger partial charge in [0.05, 0.1) is 4.92 Å². The molecule has 0 aromatic heterocycles. The largest absolute Gasteiger partial charge is 0.383 e. The van der Waals surface area contributed by atoms with Crippen LogP contribution in [-0.4, -0.2) is 23.0 Å². The van der Waals surface area contributed by atoms with Crippen LogP contribution in [0.2, 0.25) is 0 Å². The molecule has 0 bridgehead atoms. The van der Waals surface area contributed by atoms with Crippen molar-refractivity contribution in [3.05, 3.63) is 45.4 Å². The monoisotopic (exact) mass is 316 g/mol. The van der Waals surface area contributed by atoms with Crippen molar-refractivity contribution >= 4 is 39.1 Å². The first-order chi connectivity index (χ1) is 8.15. The van der Waals surface area contributed by atoms with Gasteiger partial charge in [0.25, 0.3) is 5.69 Å². The van der Waals surface area contributed by atoms with Gasteiger partial charge in [0.2, 0.25) is 0 Å². The second kappa shape index (κ2) is 7.34. The number of anilines is 1. The zero-order valence-corrected chi connectivity index (χ0v) is 11.6. The van der Waals surface area contributed by atoms with Crippen LogP contribution in [0, 0.1) is 10.1 Å². The average Bonchev–Trinajstić information content (AvgIpc) is 2.30. The van der Waals surface area contributed by atoms with Gasteiger partial charge in [-0.2, -0.15) is 11.8 Å². The minimum absolute atomic E-state index is 0.0865. The van der Waals surface area contributed by atoms with E-state index in [1.807, 2.05) is 6.08 Å². The van der Waals surface area contributed by atoms with Crippen LogP contribution in [0.4, 0.5) is 11.4 Å². The minimum Gasteiger partial charge on any atom is -0.383 e. The van der Waals surface area contributed by atoms with Gasteiger partial charge in [0.1, 0.15) is 0 Å². The smallest absolute Gasteiger partial charge is 0.270 e. The van der Waals surface area contributed by atoms with Crippen molar-refractivity contribution in [3.63, 3.8) is 0 Å². The van der Waals surface area contributed by atoms with Crippen LogP contribution in [0.1, 0.15) is 0 Å². The predicted octanol–water partition coefficient (Wildman–Crippen LogP) is 3.69. The van der Waals surface area contributed by atoms with Gasteiger partial charge >= 0.3 is 0 Å². The van der Waals surface area contributed by atoms with E-state index in [-0.39, 0.29) is 5.69 Å². The number of benzene rings is 1. The molecule has 0 heterocycles. The predicted molar refractivity (Wildman–Crippen MR) is 76.8 cm³/mol. The lowest BCUT2D eigenvalue weighted by atomic mass is 10.3. The lowest BCUT2D eigenvalue weighted by Crippen LogP contribution is -2.05. The summed E-state index contributed by atoms with van der Waals surface area (Å²) < 4.78 is 0.709. The van der Waals surface area contributed by atoms with Gasteiger partial charge < -0.3 is 5.32 Å². The Labute approximate surface area is 113 Å². The number of nitro groups is 1. The molecular weight excluding hydrogens is 304 g/mol. The van der Waals surface area contributed by atoms with Crippen molar-refractivity contribution in [1.29, 1.82) is 0 Å². The summed E-state index contributed by atoms with van der Waals surface area (Å²) in [5.74, 6) is 1.90. The normalized spacial score (nSPS) is 9.94. The molecule has 0 saturated heterocycles. The van der Waals surface area contributed by atoms with Crippen LogP contribution in [0.25, 0.3) is 0 Å². The first-order valence-corrected chi connectivity index (χ1v) is 6.96. The molecule has 0 saturated carbocycles. The van der Waals surface area contributed by atoms with E-state index in [9.17, 15) is 10.1 Å². The molecule has 92 valence electrons. The lowest BCUT2D eigenvalue weighted by molar-refractivity contribution is -0.384. The van der Waals surface area contributed by atoms with E-state index in [0.717, 1.165) is 23.7 Å². The van der Waals surface area contributed by atoms with E-state index in [0.29, 0.717) is 4.47 Å². The number of hydrogen-bond donors (Lipinski definition) is 1. The van der Waals surface area contributed by atoms with Gasteiger partial charge in [0.15, 0.2) is 0 Å². The van der Waals surface area contributed by atoms with Gasteiger partial charge in [-0.15, -0.1) is 6.58 Å². The fourth-order valence-corrected chi connectivity index (χ4v) is 2.27. The summed E-state index contributed by atoms with van der Waals surface area (Å²) in [6.07, 6.45) is 1.87. The van der Waals surface area contributed by atoms with Gasteiger partial charge in [-0.25, -0.2) is 0 Å². The summed E-state index contributed by atoms with van der Waals surface area (Å²) in [6.45, 7) is 4.46. The molecule has 0 aliphatic rings. The van der Waals surface area contributed by atoms with Crippen LogP contribution in [0.3, 0.4) is 0 Å². The summed E-state index contributed by atoms with van der Waals surface area (Å²) in [4.78, 5) is 10.1. The van der Waals surface area contributed by atoms with E-state index < -0.39 is 4.92 Å². The molecular formula is C11H13BrN2O2S. The fraction of sp³-hybridized carbons (Fsp3) is 0.273. The topological polar surface area (TPSA) is 55.2 Å². The lowest BCUT2D eigenvalue weighted by Gasteiger charge is -2.07. The Balaban J connectivity index is 2.49. The molecule has 17 heavy (non-hydrogen) atoms. The number of non-ortho nitro benzene ring substituents is 1. The molecule has 0 radical (unpaired) electrons.